The SMILES string of the molecule is C=CCOC(=O)N1CCC(NC(=O)c2ccccn2)CC1. The standard InChI is InChI=1S/C15H19N3O3/c1-2-11-21-15(20)18-9-6-12(7-10-18)17-14(19)13-5-3-4-8-16-13/h2-5,8,12H,1,6-7,9-11H2,(H,17,19). The lowest BCUT2D eigenvalue weighted by atomic mass is 10.1. The fourth-order valence-electron chi connectivity index (χ4n) is 2.18. The number of ether oxygens (including phenoxy) is 1. The number of hydrogen-bond donors (Lipinski definition) is 1. The minimum absolute atomic E-state index is 0.0583. The maximum atomic E-state index is 12.0. The number of nitrogens with one attached hydrogen (secondary N) is 1. The van der Waals surface area contributed by atoms with Gasteiger partial charge in [0.15, 0.2) is 0 Å². The summed E-state index contributed by atoms with van der Waals surface area (Å²) in [4.78, 5) is 29.3. The second kappa shape index (κ2) is 7.42. The third-order valence-electron chi connectivity index (χ3n) is 3.31. The van der Waals surface area contributed by atoms with Crippen molar-refractivity contribution in [2.24, 2.45) is 0 Å². The molecule has 2 heterocycles. The summed E-state index contributed by atoms with van der Waals surface area (Å²) >= 11 is 0. The zero-order valence-electron chi connectivity index (χ0n) is 11.8. The summed E-state index contributed by atoms with van der Waals surface area (Å²) in [5.41, 5.74) is 0.408. The summed E-state index contributed by atoms with van der Waals surface area (Å²) in [5.74, 6) is -0.178. The lowest BCUT2D eigenvalue weighted by Gasteiger charge is -2.31. The number of aromatic nitrogens is 1. The normalized spacial score (nSPS) is 15.3. The molecule has 21 heavy (non-hydrogen) atoms. The molecule has 2 rings (SSSR count). The Hall–Kier alpha value is -2.37. The monoisotopic (exact) mass is 289 g/mol. The highest BCUT2D eigenvalue weighted by molar-refractivity contribution is 5.92. The molecule has 6 nitrogen and oxygen atoms in total. The molecule has 112 valence electrons. The van der Waals surface area contributed by atoms with Crippen LogP contribution in [-0.4, -0.2) is 47.6 Å². The van der Waals surface area contributed by atoms with E-state index < -0.39 is 0 Å². The van der Waals surface area contributed by atoms with Crippen molar-refractivity contribution in [1.29, 1.82) is 0 Å². The van der Waals surface area contributed by atoms with Gasteiger partial charge in [0.05, 0.1) is 0 Å². The molecule has 1 fully saturated rings. The van der Waals surface area contributed by atoms with E-state index >= 15 is 0 Å². The Bertz CT molecular complexity index is 496. The molecular weight excluding hydrogens is 270 g/mol. The van der Waals surface area contributed by atoms with Gasteiger partial charge in [-0.25, -0.2) is 4.79 Å². The molecule has 6 heteroatoms. The van der Waals surface area contributed by atoms with E-state index in [4.69, 9.17) is 4.74 Å². The van der Waals surface area contributed by atoms with Gasteiger partial charge in [0.25, 0.3) is 5.91 Å². The summed E-state index contributed by atoms with van der Waals surface area (Å²) in [6.07, 6.45) is 4.22. The summed E-state index contributed by atoms with van der Waals surface area (Å²) in [6.45, 7) is 4.86. The molecule has 0 saturated carbocycles. The number of pyridine rings is 1. The molecule has 0 spiro atoms. The predicted octanol–water partition coefficient (Wildman–Crippen LogP) is 1.60. The van der Waals surface area contributed by atoms with Crippen LogP contribution in [0, 0.1) is 0 Å². The van der Waals surface area contributed by atoms with Crippen molar-refractivity contribution in [2.75, 3.05) is 19.7 Å². The summed E-state index contributed by atoms with van der Waals surface area (Å²) in [6, 6.07) is 5.28. The van der Waals surface area contributed by atoms with Crippen molar-refractivity contribution in [2.45, 2.75) is 18.9 Å². The molecule has 0 aliphatic carbocycles. The minimum Gasteiger partial charge on any atom is -0.445 e. The number of nitrogens with zero attached hydrogens (tertiary/aromatic N) is 2. The van der Waals surface area contributed by atoms with Crippen LogP contribution in [0.2, 0.25) is 0 Å². The van der Waals surface area contributed by atoms with Gasteiger partial charge in [-0.3, -0.25) is 9.78 Å². The lowest BCUT2D eigenvalue weighted by molar-refractivity contribution is 0.0870. The van der Waals surface area contributed by atoms with Crippen LogP contribution < -0.4 is 5.32 Å². The number of carbonyl (C=O) groups excluding carboxylic acids is 2. The van der Waals surface area contributed by atoms with Crippen LogP contribution in [0.5, 0.6) is 0 Å². The van der Waals surface area contributed by atoms with E-state index in [9.17, 15) is 9.59 Å². The van der Waals surface area contributed by atoms with Crippen molar-refractivity contribution in [3.05, 3.63) is 42.7 Å². The Morgan fingerprint density at radius 1 is 1.43 bits per heavy atom. The fraction of sp³-hybridized carbons (Fsp3) is 0.400. The highest BCUT2D eigenvalue weighted by Crippen LogP contribution is 2.12. The molecule has 1 aliphatic rings. The van der Waals surface area contributed by atoms with Gasteiger partial charge < -0.3 is 15.0 Å². The lowest BCUT2D eigenvalue weighted by Crippen LogP contribution is -2.46. The van der Waals surface area contributed by atoms with Crippen LogP contribution >= 0.6 is 0 Å². The maximum absolute atomic E-state index is 12.0. The van der Waals surface area contributed by atoms with E-state index in [2.05, 4.69) is 16.9 Å². The van der Waals surface area contributed by atoms with Crippen LogP contribution in [0.25, 0.3) is 0 Å². The highest BCUT2D eigenvalue weighted by atomic mass is 16.6. The van der Waals surface area contributed by atoms with Crippen molar-refractivity contribution in [3.8, 4) is 0 Å². The van der Waals surface area contributed by atoms with Gasteiger partial charge in [-0.05, 0) is 25.0 Å². The van der Waals surface area contributed by atoms with E-state index in [-0.39, 0.29) is 24.6 Å². The molecule has 0 bridgehead atoms. The summed E-state index contributed by atoms with van der Waals surface area (Å²) in [5, 5.41) is 2.94. The average molecular weight is 289 g/mol. The first-order chi connectivity index (χ1) is 10.2. The van der Waals surface area contributed by atoms with E-state index in [1.54, 1.807) is 29.3 Å². The number of rotatable bonds is 4. The van der Waals surface area contributed by atoms with Gasteiger partial charge in [-0.15, -0.1) is 0 Å². The van der Waals surface area contributed by atoms with Gasteiger partial charge in [-0.1, -0.05) is 18.7 Å². The maximum Gasteiger partial charge on any atom is 0.410 e. The fourth-order valence-corrected chi connectivity index (χ4v) is 2.18. The third-order valence-corrected chi connectivity index (χ3v) is 3.31. The number of piperidine rings is 1. The van der Waals surface area contributed by atoms with Crippen LogP contribution in [0.15, 0.2) is 37.1 Å². The van der Waals surface area contributed by atoms with Crippen molar-refractivity contribution in [3.63, 3.8) is 0 Å². The van der Waals surface area contributed by atoms with Crippen molar-refractivity contribution < 1.29 is 14.3 Å². The molecule has 0 atom stereocenters. The van der Waals surface area contributed by atoms with E-state index in [0.29, 0.717) is 31.6 Å². The molecule has 1 aromatic heterocycles. The molecule has 1 saturated heterocycles. The smallest absolute Gasteiger partial charge is 0.410 e. The van der Waals surface area contributed by atoms with Crippen LogP contribution in [0.4, 0.5) is 4.79 Å². The number of hydrogen-bond acceptors (Lipinski definition) is 4. The van der Waals surface area contributed by atoms with E-state index in [1.807, 2.05) is 0 Å². The average Bonchev–Trinajstić information content (AvgIpc) is 2.54. The van der Waals surface area contributed by atoms with Gasteiger partial charge >= 0.3 is 6.09 Å². The topological polar surface area (TPSA) is 71.5 Å². The van der Waals surface area contributed by atoms with Crippen LogP contribution in [0.1, 0.15) is 23.3 Å². The second-order valence-corrected chi connectivity index (χ2v) is 4.82. The van der Waals surface area contributed by atoms with Gasteiger partial charge in [0.2, 0.25) is 0 Å². The Kier molecular flexibility index (Phi) is 5.31. The second-order valence-electron chi connectivity index (χ2n) is 4.82. The van der Waals surface area contributed by atoms with Crippen molar-refractivity contribution >= 4 is 12.0 Å². The zero-order valence-corrected chi connectivity index (χ0v) is 11.8. The number of amides is 2. The first-order valence-electron chi connectivity index (χ1n) is 6.95. The van der Waals surface area contributed by atoms with Gasteiger partial charge in [0, 0.05) is 25.3 Å². The molecule has 1 aliphatic heterocycles. The third kappa shape index (κ3) is 4.30. The van der Waals surface area contributed by atoms with Crippen LogP contribution in [-0.2, 0) is 4.74 Å². The van der Waals surface area contributed by atoms with Gasteiger partial charge in [0.1, 0.15) is 12.3 Å². The van der Waals surface area contributed by atoms with Crippen molar-refractivity contribution in [1.82, 2.24) is 15.2 Å². The molecule has 0 radical (unpaired) electrons. The molecule has 0 unspecified atom stereocenters. The quantitative estimate of drug-likeness (QED) is 0.855. The summed E-state index contributed by atoms with van der Waals surface area (Å²) in [7, 11) is 0. The molecule has 0 aromatic carbocycles. The largest absolute Gasteiger partial charge is 0.445 e. The number of likely N-dealkylation sites (tertiary alicyclic amines) is 1. The Balaban J connectivity index is 1.78. The Morgan fingerprint density at radius 3 is 2.81 bits per heavy atom. The zero-order chi connectivity index (χ0) is 15.1. The first-order valence-corrected chi connectivity index (χ1v) is 6.95. The summed E-state index contributed by atoms with van der Waals surface area (Å²) < 4.78 is 4.99. The first kappa shape index (κ1) is 15.0. The number of carbonyl (C=O) groups is 2. The highest BCUT2D eigenvalue weighted by Gasteiger charge is 2.24. The van der Waals surface area contributed by atoms with Crippen LogP contribution in [0.3, 0.4) is 0 Å². The van der Waals surface area contributed by atoms with E-state index in [0.717, 1.165) is 0 Å². The minimum atomic E-state index is -0.329. The Morgan fingerprint density at radius 2 is 2.19 bits per heavy atom. The van der Waals surface area contributed by atoms with E-state index in [1.165, 1.54) is 6.08 Å². The Labute approximate surface area is 123 Å². The molecule has 1 N–H and O–H groups in total. The van der Waals surface area contributed by atoms with Gasteiger partial charge in [-0.2, -0.15) is 0 Å². The molecular formula is C15H19N3O3. The predicted molar refractivity (Wildman–Crippen MR) is 77.8 cm³/mol. The molecule has 2 amide bonds. The molecule has 1 aromatic rings.